The molecule has 0 fully saturated rings. The number of aliphatic hydroxyl groups is 1. The first-order valence-electron chi connectivity index (χ1n) is 6.79. The van der Waals surface area contributed by atoms with Crippen LogP contribution in [0.5, 0.6) is 0 Å². The molecular weight excluding hydrogens is 279 g/mol. The third-order valence-electron chi connectivity index (χ3n) is 3.11. The number of hydrogen-bond acceptors (Lipinski definition) is 1. The van der Waals surface area contributed by atoms with Crippen LogP contribution in [0.15, 0.2) is 18.2 Å². The fourth-order valence-electron chi connectivity index (χ4n) is 2.62. The van der Waals surface area contributed by atoms with E-state index in [-0.39, 0.29) is 6.10 Å². The molecule has 0 amide bonds. The molecular formula is C16H24Cl2O. The summed E-state index contributed by atoms with van der Waals surface area (Å²) < 4.78 is 0. The average molecular weight is 303 g/mol. The van der Waals surface area contributed by atoms with E-state index in [4.69, 9.17) is 23.2 Å². The van der Waals surface area contributed by atoms with E-state index in [2.05, 4.69) is 27.7 Å². The Morgan fingerprint density at radius 2 is 1.84 bits per heavy atom. The van der Waals surface area contributed by atoms with Crippen molar-refractivity contribution in [2.24, 2.45) is 11.3 Å². The maximum absolute atomic E-state index is 10.2. The van der Waals surface area contributed by atoms with Crippen LogP contribution in [0.1, 0.15) is 46.1 Å². The van der Waals surface area contributed by atoms with Crippen LogP contribution in [0, 0.1) is 11.3 Å². The fourth-order valence-corrected chi connectivity index (χ4v) is 3.10. The normalized spacial score (nSPS) is 15.3. The summed E-state index contributed by atoms with van der Waals surface area (Å²) in [5.41, 5.74) is 1.26. The molecule has 1 nitrogen and oxygen atoms in total. The zero-order valence-electron chi connectivity index (χ0n) is 12.2. The third kappa shape index (κ3) is 6.65. The highest BCUT2D eigenvalue weighted by Crippen LogP contribution is 2.28. The van der Waals surface area contributed by atoms with Crippen LogP contribution in [0.3, 0.4) is 0 Å². The molecule has 1 aromatic carbocycles. The summed E-state index contributed by atoms with van der Waals surface area (Å²) in [6, 6.07) is 5.43. The summed E-state index contributed by atoms with van der Waals surface area (Å²) in [4.78, 5) is 0. The molecule has 108 valence electrons. The van der Waals surface area contributed by atoms with Gasteiger partial charge in [-0.2, -0.15) is 0 Å². The minimum Gasteiger partial charge on any atom is -0.393 e. The first-order valence-corrected chi connectivity index (χ1v) is 7.55. The molecule has 1 rings (SSSR count). The predicted molar refractivity (Wildman–Crippen MR) is 84.0 cm³/mol. The van der Waals surface area contributed by atoms with Crippen molar-refractivity contribution in [1.82, 2.24) is 0 Å². The summed E-state index contributed by atoms with van der Waals surface area (Å²) in [6.07, 6.45) is 2.15. The largest absolute Gasteiger partial charge is 0.393 e. The van der Waals surface area contributed by atoms with Gasteiger partial charge in [-0.3, -0.25) is 0 Å². The zero-order chi connectivity index (χ0) is 14.6. The number of halogens is 2. The zero-order valence-corrected chi connectivity index (χ0v) is 13.7. The number of hydrogen-bond donors (Lipinski definition) is 1. The Labute approximate surface area is 126 Å². The molecule has 0 aliphatic rings. The van der Waals surface area contributed by atoms with E-state index in [1.165, 1.54) is 0 Å². The summed E-state index contributed by atoms with van der Waals surface area (Å²) >= 11 is 12.0. The van der Waals surface area contributed by atoms with Crippen LogP contribution in [-0.2, 0) is 6.42 Å². The van der Waals surface area contributed by atoms with Gasteiger partial charge in [0.05, 0.1) is 6.10 Å². The van der Waals surface area contributed by atoms with Gasteiger partial charge in [0.25, 0.3) is 0 Å². The lowest BCUT2D eigenvalue weighted by atomic mass is 9.83. The van der Waals surface area contributed by atoms with Gasteiger partial charge in [-0.25, -0.2) is 0 Å². The van der Waals surface area contributed by atoms with E-state index in [1.54, 1.807) is 6.07 Å². The molecule has 2 unspecified atom stereocenters. The Morgan fingerprint density at radius 3 is 2.37 bits per heavy atom. The van der Waals surface area contributed by atoms with Crippen molar-refractivity contribution in [3.8, 4) is 0 Å². The SMILES string of the molecule is CC(CC(O)Cc1ccc(Cl)cc1Cl)CC(C)(C)C. The van der Waals surface area contributed by atoms with Gasteiger partial charge in [0.2, 0.25) is 0 Å². The lowest BCUT2D eigenvalue weighted by Crippen LogP contribution is -2.19. The van der Waals surface area contributed by atoms with Gasteiger partial charge in [-0.15, -0.1) is 0 Å². The molecule has 2 atom stereocenters. The Hall–Kier alpha value is -0.240. The van der Waals surface area contributed by atoms with Crippen LogP contribution in [0.4, 0.5) is 0 Å². The van der Waals surface area contributed by atoms with Gasteiger partial charge < -0.3 is 5.11 Å². The monoisotopic (exact) mass is 302 g/mol. The molecule has 1 aromatic rings. The van der Waals surface area contributed by atoms with E-state index in [0.717, 1.165) is 18.4 Å². The highest BCUT2D eigenvalue weighted by atomic mass is 35.5. The van der Waals surface area contributed by atoms with Crippen molar-refractivity contribution in [2.45, 2.75) is 53.1 Å². The van der Waals surface area contributed by atoms with Crippen LogP contribution in [0.25, 0.3) is 0 Å². The van der Waals surface area contributed by atoms with Gasteiger partial charge in [-0.1, -0.05) is 57.0 Å². The Morgan fingerprint density at radius 1 is 1.21 bits per heavy atom. The molecule has 0 heterocycles. The lowest BCUT2D eigenvalue weighted by molar-refractivity contribution is 0.133. The maximum Gasteiger partial charge on any atom is 0.0583 e. The minimum absolute atomic E-state index is 0.303. The second-order valence-electron chi connectivity index (χ2n) is 6.70. The minimum atomic E-state index is -0.351. The summed E-state index contributed by atoms with van der Waals surface area (Å²) in [5, 5.41) is 11.4. The van der Waals surface area contributed by atoms with Gasteiger partial charge in [0.15, 0.2) is 0 Å². The van der Waals surface area contributed by atoms with Gasteiger partial charge in [-0.05, 0) is 48.3 Å². The van der Waals surface area contributed by atoms with Crippen LogP contribution >= 0.6 is 23.2 Å². The highest BCUT2D eigenvalue weighted by Gasteiger charge is 2.18. The number of aliphatic hydroxyl groups excluding tert-OH is 1. The lowest BCUT2D eigenvalue weighted by Gasteiger charge is -2.25. The molecule has 19 heavy (non-hydrogen) atoms. The Kier molecular flexibility index (Phi) is 6.16. The molecule has 0 aliphatic carbocycles. The highest BCUT2D eigenvalue weighted by molar-refractivity contribution is 6.35. The summed E-state index contributed by atoms with van der Waals surface area (Å²) in [5.74, 6) is 0.501. The molecule has 0 spiro atoms. The molecule has 3 heteroatoms. The number of rotatable bonds is 5. The fraction of sp³-hybridized carbons (Fsp3) is 0.625. The third-order valence-corrected chi connectivity index (χ3v) is 3.69. The average Bonchev–Trinajstić information content (AvgIpc) is 2.19. The quantitative estimate of drug-likeness (QED) is 0.776. The standard InChI is InChI=1S/C16H24Cl2O/c1-11(10-16(2,3)4)7-14(19)8-12-5-6-13(17)9-15(12)18/h5-6,9,11,14,19H,7-8,10H2,1-4H3. The van der Waals surface area contributed by atoms with E-state index in [0.29, 0.717) is 27.8 Å². The van der Waals surface area contributed by atoms with Crippen molar-refractivity contribution in [3.05, 3.63) is 33.8 Å². The van der Waals surface area contributed by atoms with Crippen LogP contribution in [0.2, 0.25) is 10.0 Å². The Balaban J connectivity index is 2.53. The van der Waals surface area contributed by atoms with E-state index < -0.39 is 0 Å². The topological polar surface area (TPSA) is 20.2 Å². The molecule has 0 saturated heterocycles. The van der Waals surface area contributed by atoms with E-state index in [9.17, 15) is 5.11 Å². The smallest absolute Gasteiger partial charge is 0.0583 e. The molecule has 0 aromatic heterocycles. The Bertz CT molecular complexity index is 410. The van der Waals surface area contributed by atoms with Crippen molar-refractivity contribution in [2.75, 3.05) is 0 Å². The molecule has 0 bridgehead atoms. The van der Waals surface area contributed by atoms with E-state index in [1.807, 2.05) is 12.1 Å². The summed E-state index contributed by atoms with van der Waals surface area (Å²) in [7, 11) is 0. The predicted octanol–water partition coefficient (Wildman–Crippen LogP) is 5.36. The van der Waals surface area contributed by atoms with Crippen molar-refractivity contribution in [3.63, 3.8) is 0 Å². The maximum atomic E-state index is 10.2. The molecule has 0 radical (unpaired) electrons. The number of benzene rings is 1. The summed E-state index contributed by atoms with van der Waals surface area (Å²) in [6.45, 7) is 8.88. The first-order chi connectivity index (χ1) is 8.67. The van der Waals surface area contributed by atoms with Crippen molar-refractivity contribution >= 4 is 23.2 Å². The van der Waals surface area contributed by atoms with Crippen LogP contribution in [-0.4, -0.2) is 11.2 Å². The second-order valence-corrected chi connectivity index (χ2v) is 7.54. The first kappa shape index (κ1) is 16.8. The van der Waals surface area contributed by atoms with Gasteiger partial charge in [0, 0.05) is 10.0 Å². The van der Waals surface area contributed by atoms with Crippen molar-refractivity contribution in [1.29, 1.82) is 0 Å². The molecule has 0 saturated carbocycles. The van der Waals surface area contributed by atoms with E-state index >= 15 is 0 Å². The molecule has 0 aliphatic heterocycles. The van der Waals surface area contributed by atoms with Gasteiger partial charge in [0.1, 0.15) is 0 Å². The van der Waals surface area contributed by atoms with Crippen LogP contribution < -0.4 is 0 Å². The van der Waals surface area contributed by atoms with Crippen molar-refractivity contribution < 1.29 is 5.11 Å². The molecule has 1 N–H and O–H groups in total. The second kappa shape index (κ2) is 6.97. The van der Waals surface area contributed by atoms with Gasteiger partial charge >= 0.3 is 0 Å².